The molecule has 0 heterocycles. The van der Waals surface area contributed by atoms with Gasteiger partial charge in [0.1, 0.15) is 0 Å². The Bertz CT molecular complexity index is 96.3. The van der Waals surface area contributed by atoms with Crippen LogP contribution in [-0.2, 0) is 8.98 Å². The van der Waals surface area contributed by atoms with Crippen LogP contribution in [0.1, 0.15) is 33.1 Å². The maximum atomic E-state index is 10.2. The average molecular weight is 194 g/mol. The molecule has 0 atom stereocenters. The van der Waals surface area contributed by atoms with Crippen LogP contribution in [0.3, 0.4) is 0 Å². The van der Waals surface area contributed by atoms with Gasteiger partial charge in [-0.25, -0.2) is 0 Å². The third-order valence-corrected chi connectivity index (χ3v) is 1.82. The van der Waals surface area contributed by atoms with Gasteiger partial charge in [-0.05, 0) is 6.42 Å². The fraction of sp³-hybridized carbons (Fsp3) is 0.875. The van der Waals surface area contributed by atoms with Gasteiger partial charge < -0.3 is 9.29 Å². The normalized spacial score (nSPS) is 8.33. The topological polar surface area (TPSA) is 46.5 Å². The van der Waals surface area contributed by atoms with Gasteiger partial charge in [0, 0.05) is 19.8 Å². The molecule has 0 radical (unpaired) electrons. The van der Waals surface area contributed by atoms with Crippen molar-refractivity contribution in [2.45, 2.75) is 33.1 Å². The van der Waals surface area contributed by atoms with Gasteiger partial charge in [-0.2, -0.15) is 0 Å². The molecule has 12 heavy (non-hydrogen) atoms. The van der Waals surface area contributed by atoms with Crippen LogP contribution in [-0.4, -0.2) is 23.9 Å². The molecule has 74 valence electrons. The highest BCUT2D eigenvalue weighted by atomic mass is 32.2. The highest BCUT2D eigenvalue weighted by Crippen LogP contribution is 2.07. The Morgan fingerprint density at radius 3 is 2.42 bits per heavy atom. The van der Waals surface area contributed by atoms with E-state index in [-0.39, 0.29) is 5.97 Å². The van der Waals surface area contributed by atoms with Crippen LogP contribution in [0.4, 0.5) is 0 Å². The summed E-state index contributed by atoms with van der Waals surface area (Å²) in [6.45, 7) is 3.57. The number of unbranched alkanes of at least 4 members (excludes halogenated alkanes) is 2. The Morgan fingerprint density at radius 2 is 2.00 bits per heavy atom. The van der Waals surface area contributed by atoms with Crippen molar-refractivity contribution in [2.75, 3.05) is 12.9 Å². The van der Waals surface area contributed by atoms with E-state index in [1.165, 1.54) is 31.8 Å². The zero-order valence-electron chi connectivity index (χ0n) is 8.00. The van der Waals surface area contributed by atoms with Gasteiger partial charge >= 0.3 is 5.97 Å². The van der Waals surface area contributed by atoms with Crippen LogP contribution >= 0.6 is 12.0 Å². The number of rotatable bonds is 5. The first-order chi connectivity index (χ1) is 5.77. The molecule has 4 heteroatoms. The number of carbonyl (C=O) groups is 1. The molecule has 1 N–H and O–H groups in total. The summed E-state index contributed by atoms with van der Waals surface area (Å²) in [7, 11) is 1.00. The zero-order chi connectivity index (χ0) is 9.82. The first kappa shape index (κ1) is 14.3. The van der Waals surface area contributed by atoms with Gasteiger partial charge in [0.15, 0.2) is 0 Å². The molecule has 0 aromatic heterocycles. The molecule has 0 unspecified atom stereocenters. The van der Waals surface area contributed by atoms with Crippen molar-refractivity contribution in [1.29, 1.82) is 0 Å². The van der Waals surface area contributed by atoms with E-state index in [1.54, 1.807) is 0 Å². The Labute approximate surface area is 78.7 Å². The molecule has 0 aliphatic carbocycles. The van der Waals surface area contributed by atoms with Gasteiger partial charge in [0.2, 0.25) is 0 Å². The number of aliphatic hydroxyl groups excluding tert-OH is 1. The molecule has 0 rings (SSSR count). The van der Waals surface area contributed by atoms with Gasteiger partial charge in [-0.15, -0.1) is 0 Å². The van der Waals surface area contributed by atoms with E-state index in [9.17, 15) is 4.79 Å². The Balaban J connectivity index is 0. The maximum Gasteiger partial charge on any atom is 0.314 e. The second-order valence-corrected chi connectivity index (χ2v) is 2.91. The summed E-state index contributed by atoms with van der Waals surface area (Å²) >= 11 is 1.25. The van der Waals surface area contributed by atoms with Crippen LogP contribution in [0, 0.1) is 0 Å². The Kier molecular flexibility index (Phi) is 16.0. The highest BCUT2D eigenvalue weighted by Gasteiger charge is 1.92. The van der Waals surface area contributed by atoms with Crippen LogP contribution in [0.5, 0.6) is 0 Å². The Morgan fingerprint density at radius 1 is 1.42 bits per heavy atom. The lowest BCUT2D eigenvalue weighted by Gasteiger charge is -1.97. The first-order valence-corrected chi connectivity index (χ1v) is 4.93. The smallest absolute Gasteiger partial charge is 0.314 e. The summed E-state index contributed by atoms with van der Waals surface area (Å²) in [6, 6.07) is 0. The number of carbonyl (C=O) groups excluding carboxylic acids is 1. The van der Waals surface area contributed by atoms with Crippen molar-refractivity contribution in [3.05, 3.63) is 0 Å². The molecule has 0 aromatic carbocycles. The first-order valence-electron chi connectivity index (χ1n) is 4.02. The van der Waals surface area contributed by atoms with Gasteiger partial charge in [0.25, 0.3) is 0 Å². The lowest BCUT2D eigenvalue weighted by atomic mass is 10.3. The molecule has 0 fully saturated rings. The lowest BCUT2D eigenvalue weighted by Crippen LogP contribution is -1.90. The molecule has 0 bridgehead atoms. The standard InChI is InChI=1S/C7H14O2S.CH4O/c1-3-4-5-6-10-9-7(2)8;1-2/h3-6H2,1-2H3;2H,1H3. The summed E-state index contributed by atoms with van der Waals surface area (Å²) in [4.78, 5) is 10.2. The van der Waals surface area contributed by atoms with Crippen molar-refractivity contribution in [3.8, 4) is 0 Å². The summed E-state index contributed by atoms with van der Waals surface area (Å²) in [5, 5.41) is 7.00. The lowest BCUT2D eigenvalue weighted by molar-refractivity contribution is -0.130. The van der Waals surface area contributed by atoms with Crippen molar-refractivity contribution in [3.63, 3.8) is 0 Å². The minimum Gasteiger partial charge on any atom is -0.400 e. The molecule has 0 saturated carbocycles. The average Bonchev–Trinajstić information content (AvgIpc) is 2.07. The van der Waals surface area contributed by atoms with Crippen LogP contribution in [0.15, 0.2) is 0 Å². The minimum atomic E-state index is -0.207. The highest BCUT2D eigenvalue weighted by molar-refractivity contribution is 7.95. The van der Waals surface area contributed by atoms with Crippen LogP contribution in [0.2, 0.25) is 0 Å². The largest absolute Gasteiger partial charge is 0.400 e. The second-order valence-electron chi connectivity index (χ2n) is 2.10. The SMILES string of the molecule is CCCCCSOC(C)=O.CO. The Hall–Kier alpha value is -0.220. The molecule has 0 amide bonds. The number of aliphatic hydroxyl groups is 1. The molecule has 0 aliphatic rings. The molecular weight excluding hydrogens is 176 g/mol. The molecule has 0 spiro atoms. The fourth-order valence-electron chi connectivity index (χ4n) is 0.536. The van der Waals surface area contributed by atoms with E-state index < -0.39 is 0 Å². The van der Waals surface area contributed by atoms with Crippen molar-refractivity contribution >= 4 is 18.0 Å². The summed E-state index contributed by atoms with van der Waals surface area (Å²) < 4.78 is 4.67. The van der Waals surface area contributed by atoms with E-state index in [0.29, 0.717) is 0 Å². The van der Waals surface area contributed by atoms with E-state index in [1.807, 2.05) is 0 Å². The van der Waals surface area contributed by atoms with E-state index in [2.05, 4.69) is 11.1 Å². The molecular formula is C8H18O3S. The maximum absolute atomic E-state index is 10.2. The summed E-state index contributed by atoms with van der Waals surface area (Å²) in [6.07, 6.45) is 3.56. The molecule has 3 nitrogen and oxygen atoms in total. The quantitative estimate of drug-likeness (QED) is 0.537. The second kappa shape index (κ2) is 13.4. The van der Waals surface area contributed by atoms with E-state index in [0.717, 1.165) is 19.3 Å². The van der Waals surface area contributed by atoms with Crippen molar-refractivity contribution < 1.29 is 14.1 Å². The van der Waals surface area contributed by atoms with Gasteiger partial charge in [-0.1, -0.05) is 19.8 Å². The fourth-order valence-corrected chi connectivity index (χ4v) is 1.11. The number of hydrogen-bond donors (Lipinski definition) is 1. The van der Waals surface area contributed by atoms with Gasteiger partial charge in [-0.3, -0.25) is 4.79 Å². The monoisotopic (exact) mass is 194 g/mol. The molecule has 0 aromatic rings. The molecule has 0 aliphatic heterocycles. The van der Waals surface area contributed by atoms with E-state index >= 15 is 0 Å². The van der Waals surface area contributed by atoms with E-state index in [4.69, 9.17) is 5.11 Å². The zero-order valence-corrected chi connectivity index (χ0v) is 8.82. The predicted octanol–water partition coefficient (Wildman–Crippen LogP) is 2.00. The van der Waals surface area contributed by atoms with Gasteiger partial charge in [0.05, 0.1) is 12.0 Å². The third-order valence-electron chi connectivity index (χ3n) is 1.01. The predicted molar refractivity (Wildman–Crippen MR) is 51.9 cm³/mol. The van der Waals surface area contributed by atoms with Crippen LogP contribution < -0.4 is 0 Å². The van der Waals surface area contributed by atoms with Crippen molar-refractivity contribution in [2.24, 2.45) is 0 Å². The summed E-state index contributed by atoms with van der Waals surface area (Å²) in [5.74, 6) is 0.717. The third kappa shape index (κ3) is 16.4. The molecule has 0 saturated heterocycles. The summed E-state index contributed by atoms with van der Waals surface area (Å²) in [5.41, 5.74) is 0. The van der Waals surface area contributed by atoms with Crippen LogP contribution in [0.25, 0.3) is 0 Å². The van der Waals surface area contributed by atoms with Crippen molar-refractivity contribution in [1.82, 2.24) is 0 Å². The number of hydrogen-bond acceptors (Lipinski definition) is 4. The minimum absolute atomic E-state index is 0.207.